The third-order valence-corrected chi connectivity index (χ3v) is 4.21. The summed E-state index contributed by atoms with van der Waals surface area (Å²) in [5.74, 6) is 4.38. The quantitative estimate of drug-likeness (QED) is 0.710. The molecule has 0 radical (unpaired) electrons. The van der Waals surface area contributed by atoms with Gasteiger partial charge in [-0.15, -0.1) is 11.6 Å². The van der Waals surface area contributed by atoms with Crippen LogP contribution in [-0.2, 0) is 5.75 Å². The number of ether oxygens (including phenoxy) is 1. The second kappa shape index (κ2) is 7.08. The van der Waals surface area contributed by atoms with Crippen LogP contribution in [0.2, 0.25) is 0 Å². The van der Waals surface area contributed by atoms with Crippen molar-refractivity contribution in [2.45, 2.75) is 19.6 Å². The molecule has 3 heteroatoms. The first-order valence-corrected chi connectivity index (χ1v) is 7.13. The number of alkyl halides is 1. The van der Waals surface area contributed by atoms with Gasteiger partial charge in [0, 0.05) is 17.2 Å². The monoisotopic (exact) mass is 258 g/mol. The molecule has 0 heterocycles. The normalized spacial score (nSPS) is 12.5. The van der Waals surface area contributed by atoms with E-state index >= 15 is 0 Å². The minimum Gasteiger partial charge on any atom is -0.496 e. The Morgan fingerprint density at radius 2 is 2.19 bits per heavy atom. The molecule has 1 unspecified atom stereocenters. The standard InChI is InChI=1S/C13H19ClOS/c1-10-4-5-13(15-3)12(6-10)9-16-8-11(2)7-14/h4-6,11H,7-9H2,1-3H3. The fourth-order valence-electron chi connectivity index (χ4n) is 1.43. The van der Waals surface area contributed by atoms with Crippen LogP contribution < -0.4 is 4.74 Å². The van der Waals surface area contributed by atoms with Gasteiger partial charge in [0.15, 0.2) is 0 Å². The highest BCUT2D eigenvalue weighted by atomic mass is 35.5. The summed E-state index contributed by atoms with van der Waals surface area (Å²) in [6, 6.07) is 6.31. The molecular formula is C13H19ClOS. The van der Waals surface area contributed by atoms with Crippen molar-refractivity contribution in [1.82, 2.24) is 0 Å². The second-order valence-electron chi connectivity index (χ2n) is 4.09. The highest BCUT2D eigenvalue weighted by molar-refractivity contribution is 7.98. The van der Waals surface area contributed by atoms with Crippen LogP contribution >= 0.6 is 23.4 Å². The SMILES string of the molecule is COc1ccc(C)cc1CSCC(C)CCl. The summed E-state index contributed by atoms with van der Waals surface area (Å²) in [5, 5.41) is 0. The van der Waals surface area contributed by atoms with E-state index in [9.17, 15) is 0 Å². The molecule has 0 aliphatic carbocycles. The third kappa shape index (κ3) is 4.26. The molecule has 0 N–H and O–H groups in total. The maximum Gasteiger partial charge on any atom is 0.122 e. The maximum absolute atomic E-state index is 5.78. The fraction of sp³-hybridized carbons (Fsp3) is 0.538. The lowest BCUT2D eigenvalue weighted by molar-refractivity contribution is 0.411. The Morgan fingerprint density at radius 1 is 1.44 bits per heavy atom. The Morgan fingerprint density at radius 3 is 2.81 bits per heavy atom. The lowest BCUT2D eigenvalue weighted by atomic mass is 10.1. The molecule has 0 fully saturated rings. The van der Waals surface area contributed by atoms with Crippen LogP contribution in [0.25, 0.3) is 0 Å². The van der Waals surface area contributed by atoms with Crippen LogP contribution in [0, 0.1) is 12.8 Å². The van der Waals surface area contributed by atoms with Gasteiger partial charge in [-0.1, -0.05) is 24.6 Å². The predicted molar refractivity (Wildman–Crippen MR) is 73.8 cm³/mol. The van der Waals surface area contributed by atoms with Crippen LogP contribution in [0.15, 0.2) is 18.2 Å². The number of thioether (sulfide) groups is 1. The second-order valence-corrected chi connectivity index (χ2v) is 5.43. The van der Waals surface area contributed by atoms with E-state index in [2.05, 4.69) is 26.0 Å². The summed E-state index contributed by atoms with van der Waals surface area (Å²) in [5.41, 5.74) is 2.55. The molecule has 90 valence electrons. The molecule has 0 bridgehead atoms. The fourth-order valence-corrected chi connectivity index (χ4v) is 2.76. The van der Waals surface area contributed by atoms with Crippen LogP contribution in [0.3, 0.4) is 0 Å². The van der Waals surface area contributed by atoms with Crippen molar-refractivity contribution in [2.75, 3.05) is 18.7 Å². The van der Waals surface area contributed by atoms with E-state index in [1.54, 1.807) is 7.11 Å². The van der Waals surface area contributed by atoms with Crippen molar-refractivity contribution in [3.63, 3.8) is 0 Å². The molecule has 1 nitrogen and oxygen atoms in total. The van der Waals surface area contributed by atoms with Gasteiger partial charge in [0.2, 0.25) is 0 Å². The largest absolute Gasteiger partial charge is 0.496 e. The number of hydrogen-bond donors (Lipinski definition) is 0. The van der Waals surface area contributed by atoms with E-state index in [-0.39, 0.29) is 0 Å². The van der Waals surface area contributed by atoms with Gasteiger partial charge in [0.1, 0.15) is 5.75 Å². The third-order valence-electron chi connectivity index (χ3n) is 2.36. The molecule has 1 atom stereocenters. The zero-order valence-corrected chi connectivity index (χ0v) is 11.7. The number of aryl methyl sites for hydroxylation is 1. The Bertz CT molecular complexity index is 328. The van der Waals surface area contributed by atoms with Gasteiger partial charge in [0.05, 0.1) is 7.11 Å². The topological polar surface area (TPSA) is 9.23 Å². The van der Waals surface area contributed by atoms with Gasteiger partial charge in [-0.3, -0.25) is 0 Å². The first-order chi connectivity index (χ1) is 7.67. The van der Waals surface area contributed by atoms with Gasteiger partial charge in [0.25, 0.3) is 0 Å². The summed E-state index contributed by atoms with van der Waals surface area (Å²) in [7, 11) is 1.72. The minimum absolute atomic E-state index is 0.572. The van der Waals surface area contributed by atoms with Crippen molar-refractivity contribution >= 4 is 23.4 Å². The molecule has 0 saturated heterocycles. The minimum atomic E-state index is 0.572. The van der Waals surface area contributed by atoms with Gasteiger partial charge in [-0.05, 0) is 24.7 Å². The van der Waals surface area contributed by atoms with Crippen molar-refractivity contribution < 1.29 is 4.74 Å². The molecule has 1 aromatic rings. The van der Waals surface area contributed by atoms with Crippen LogP contribution in [0.4, 0.5) is 0 Å². The Labute approximate surface area is 108 Å². The van der Waals surface area contributed by atoms with E-state index in [0.29, 0.717) is 5.92 Å². The maximum atomic E-state index is 5.78. The van der Waals surface area contributed by atoms with Gasteiger partial charge >= 0.3 is 0 Å². The average Bonchev–Trinajstić information content (AvgIpc) is 2.29. The summed E-state index contributed by atoms with van der Waals surface area (Å²) >= 11 is 7.69. The van der Waals surface area contributed by atoms with E-state index in [1.165, 1.54) is 11.1 Å². The van der Waals surface area contributed by atoms with E-state index in [1.807, 2.05) is 17.8 Å². The Kier molecular flexibility index (Phi) is 6.07. The number of halogens is 1. The molecule has 0 spiro atoms. The molecule has 1 aromatic carbocycles. The smallest absolute Gasteiger partial charge is 0.122 e. The van der Waals surface area contributed by atoms with Crippen LogP contribution in [0.5, 0.6) is 5.75 Å². The summed E-state index contributed by atoms with van der Waals surface area (Å²) in [6.45, 7) is 4.28. The number of benzene rings is 1. The Hall–Kier alpha value is -0.340. The molecule has 1 rings (SSSR count). The molecule has 0 saturated carbocycles. The zero-order valence-electron chi connectivity index (χ0n) is 10.1. The van der Waals surface area contributed by atoms with Crippen molar-refractivity contribution in [3.05, 3.63) is 29.3 Å². The van der Waals surface area contributed by atoms with Crippen LogP contribution in [-0.4, -0.2) is 18.7 Å². The van der Waals surface area contributed by atoms with E-state index < -0.39 is 0 Å². The molecule has 0 aliphatic rings. The summed E-state index contributed by atoms with van der Waals surface area (Å²) in [6.07, 6.45) is 0. The average molecular weight is 259 g/mol. The van der Waals surface area contributed by atoms with Crippen molar-refractivity contribution in [1.29, 1.82) is 0 Å². The lowest BCUT2D eigenvalue weighted by Crippen LogP contribution is -2.00. The number of hydrogen-bond acceptors (Lipinski definition) is 2. The Balaban J connectivity index is 2.55. The number of rotatable bonds is 6. The first kappa shape index (κ1) is 13.7. The van der Waals surface area contributed by atoms with Crippen molar-refractivity contribution in [3.8, 4) is 5.75 Å². The first-order valence-electron chi connectivity index (χ1n) is 5.44. The molecule has 16 heavy (non-hydrogen) atoms. The molecule has 0 amide bonds. The van der Waals surface area contributed by atoms with Gasteiger partial charge in [-0.2, -0.15) is 11.8 Å². The van der Waals surface area contributed by atoms with E-state index in [0.717, 1.165) is 23.1 Å². The highest BCUT2D eigenvalue weighted by Crippen LogP contribution is 2.25. The molecular weight excluding hydrogens is 240 g/mol. The van der Waals surface area contributed by atoms with E-state index in [4.69, 9.17) is 16.3 Å². The van der Waals surface area contributed by atoms with Gasteiger partial charge < -0.3 is 4.74 Å². The lowest BCUT2D eigenvalue weighted by Gasteiger charge is -2.10. The summed E-state index contributed by atoms with van der Waals surface area (Å²) < 4.78 is 5.34. The summed E-state index contributed by atoms with van der Waals surface area (Å²) in [4.78, 5) is 0. The van der Waals surface area contributed by atoms with Crippen molar-refractivity contribution in [2.24, 2.45) is 5.92 Å². The van der Waals surface area contributed by atoms with Crippen LogP contribution in [0.1, 0.15) is 18.1 Å². The zero-order chi connectivity index (χ0) is 12.0. The predicted octanol–water partition coefficient (Wildman–Crippen LogP) is 4.11. The molecule has 0 aromatic heterocycles. The molecule has 0 aliphatic heterocycles. The number of methoxy groups -OCH3 is 1. The highest BCUT2D eigenvalue weighted by Gasteiger charge is 2.05. The van der Waals surface area contributed by atoms with Gasteiger partial charge in [-0.25, -0.2) is 0 Å².